The molecule has 0 spiro atoms. The van der Waals surface area contributed by atoms with Crippen molar-refractivity contribution >= 4 is 21.6 Å². The largest absolute Gasteiger partial charge is 0.476 e. The number of sulfonamides is 1. The molecule has 1 amide bonds. The first-order valence-corrected chi connectivity index (χ1v) is 14.0. The van der Waals surface area contributed by atoms with Crippen molar-refractivity contribution in [1.29, 1.82) is 0 Å². The van der Waals surface area contributed by atoms with Crippen molar-refractivity contribution < 1.29 is 17.9 Å². The highest BCUT2D eigenvalue weighted by Crippen LogP contribution is 2.36. The first kappa shape index (κ1) is 24.3. The molecule has 36 heavy (non-hydrogen) atoms. The van der Waals surface area contributed by atoms with Gasteiger partial charge in [0, 0.05) is 26.2 Å². The summed E-state index contributed by atoms with van der Waals surface area (Å²) < 4.78 is 32.4. The number of anilines is 1. The zero-order valence-electron chi connectivity index (χ0n) is 20.6. The summed E-state index contributed by atoms with van der Waals surface area (Å²) in [5, 5.41) is 0. The highest BCUT2D eigenvalue weighted by atomic mass is 32.2. The van der Waals surface area contributed by atoms with Crippen molar-refractivity contribution in [2.75, 3.05) is 43.3 Å². The molecule has 8 heteroatoms. The third kappa shape index (κ3) is 4.96. The van der Waals surface area contributed by atoms with Crippen LogP contribution in [0.5, 0.6) is 5.75 Å². The predicted molar refractivity (Wildman–Crippen MR) is 141 cm³/mol. The molecule has 1 unspecified atom stereocenters. The van der Waals surface area contributed by atoms with E-state index in [9.17, 15) is 13.2 Å². The summed E-state index contributed by atoms with van der Waals surface area (Å²) in [6.07, 6.45) is 0.290. The minimum absolute atomic E-state index is 0.0228. The van der Waals surface area contributed by atoms with Crippen molar-refractivity contribution in [3.8, 4) is 5.75 Å². The average molecular weight is 506 g/mol. The van der Waals surface area contributed by atoms with Crippen LogP contribution in [0, 0.1) is 6.92 Å². The number of piperazine rings is 1. The van der Waals surface area contributed by atoms with E-state index in [1.807, 2.05) is 25.1 Å². The molecule has 3 aromatic carbocycles. The normalized spacial score (nSPS) is 18.6. The second kappa shape index (κ2) is 9.95. The molecule has 0 N–H and O–H groups in total. The van der Waals surface area contributed by atoms with Crippen LogP contribution < -0.4 is 9.04 Å². The SMILES string of the molecule is Cc1ccc2c(c1)N(S(C)(=O)=O)CC(C(=O)N1CCN(C(c3ccccc3)c3ccccc3)CC1)O2. The van der Waals surface area contributed by atoms with Gasteiger partial charge < -0.3 is 9.64 Å². The van der Waals surface area contributed by atoms with Crippen LogP contribution >= 0.6 is 0 Å². The van der Waals surface area contributed by atoms with Gasteiger partial charge in [0.25, 0.3) is 5.91 Å². The van der Waals surface area contributed by atoms with E-state index in [2.05, 4.69) is 53.4 Å². The molecule has 2 heterocycles. The third-order valence-electron chi connectivity index (χ3n) is 6.88. The number of carbonyl (C=O) groups excluding carboxylic acids is 1. The average Bonchev–Trinajstić information content (AvgIpc) is 2.89. The first-order valence-electron chi connectivity index (χ1n) is 12.2. The molecule has 0 aromatic heterocycles. The fourth-order valence-electron chi connectivity index (χ4n) is 5.09. The van der Waals surface area contributed by atoms with E-state index in [1.165, 1.54) is 15.4 Å². The van der Waals surface area contributed by atoms with Crippen LogP contribution in [0.25, 0.3) is 0 Å². The number of rotatable bonds is 5. The van der Waals surface area contributed by atoms with Crippen LogP contribution in [0.2, 0.25) is 0 Å². The highest BCUT2D eigenvalue weighted by Gasteiger charge is 2.38. The van der Waals surface area contributed by atoms with Gasteiger partial charge in [-0.2, -0.15) is 0 Å². The lowest BCUT2D eigenvalue weighted by molar-refractivity contribution is -0.140. The van der Waals surface area contributed by atoms with Crippen LogP contribution in [0.3, 0.4) is 0 Å². The Morgan fingerprint density at radius 3 is 2.03 bits per heavy atom. The first-order chi connectivity index (χ1) is 17.3. The molecule has 1 atom stereocenters. The number of carbonyl (C=O) groups is 1. The van der Waals surface area contributed by atoms with Crippen LogP contribution in [0.1, 0.15) is 22.7 Å². The second-order valence-electron chi connectivity index (χ2n) is 9.46. The minimum Gasteiger partial charge on any atom is -0.476 e. The fourth-order valence-corrected chi connectivity index (χ4v) is 6.00. The van der Waals surface area contributed by atoms with Gasteiger partial charge in [0.2, 0.25) is 10.0 Å². The molecule has 5 rings (SSSR count). The molecule has 0 bridgehead atoms. The number of hydrogen-bond donors (Lipinski definition) is 0. The summed E-state index contributed by atoms with van der Waals surface area (Å²) in [5.41, 5.74) is 3.85. The Labute approximate surface area is 212 Å². The van der Waals surface area contributed by atoms with E-state index in [1.54, 1.807) is 17.0 Å². The van der Waals surface area contributed by atoms with E-state index >= 15 is 0 Å². The van der Waals surface area contributed by atoms with Gasteiger partial charge >= 0.3 is 0 Å². The van der Waals surface area contributed by atoms with Gasteiger partial charge in [0.05, 0.1) is 24.5 Å². The minimum atomic E-state index is -3.56. The Balaban J connectivity index is 1.32. The molecular weight excluding hydrogens is 474 g/mol. The van der Waals surface area contributed by atoms with E-state index in [-0.39, 0.29) is 18.5 Å². The van der Waals surface area contributed by atoms with Gasteiger partial charge in [-0.1, -0.05) is 66.7 Å². The van der Waals surface area contributed by atoms with Gasteiger partial charge in [0.15, 0.2) is 6.10 Å². The van der Waals surface area contributed by atoms with Crippen LogP contribution in [-0.2, 0) is 14.8 Å². The molecule has 0 radical (unpaired) electrons. The number of ether oxygens (including phenoxy) is 1. The molecule has 1 fully saturated rings. The molecule has 7 nitrogen and oxygen atoms in total. The van der Waals surface area contributed by atoms with Gasteiger partial charge in [0.1, 0.15) is 5.75 Å². The monoisotopic (exact) mass is 505 g/mol. The van der Waals surface area contributed by atoms with Crippen LogP contribution in [-0.4, -0.2) is 69.2 Å². The number of benzene rings is 3. The number of nitrogens with zero attached hydrogens (tertiary/aromatic N) is 3. The standard InChI is InChI=1S/C28H31N3O4S/c1-21-13-14-25-24(19-21)31(36(2,33)34)20-26(35-25)28(32)30-17-15-29(16-18-30)27(22-9-5-3-6-10-22)23-11-7-4-8-12-23/h3-14,19,26-27H,15-18,20H2,1-2H3. The summed E-state index contributed by atoms with van der Waals surface area (Å²) in [7, 11) is -3.56. The highest BCUT2D eigenvalue weighted by molar-refractivity contribution is 7.92. The zero-order chi connectivity index (χ0) is 25.3. The number of amides is 1. The molecular formula is C28H31N3O4S. The van der Waals surface area contributed by atoms with Crippen molar-refractivity contribution in [2.24, 2.45) is 0 Å². The van der Waals surface area contributed by atoms with E-state index in [4.69, 9.17) is 4.74 Å². The maximum atomic E-state index is 13.5. The van der Waals surface area contributed by atoms with Crippen molar-refractivity contribution in [2.45, 2.75) is 19.1 Å². The molecule has 2 aliphatic heterocycles. The Kier molecular flexibility index (Phi) is 6.73. The van der Waals surface area contributed by atoms with Gasteiger partial charge in [-0.25, -0.2) is 8.42 Å². The summed E-state index contributed by atoms with van der Waals surface area (Å²) in [4.78, 5) is 17.7. The van der Waals surface area contributed by atoms with Gasteiger partial charge in [-0.3, -0.25) is 14.0 Å². The summed E-state index contributed by atoms with van der Waals surface area (Å²) in [6, 6.07) is 26.3. The summed E-state index contributed by atoms with van der Waals surface area (Å²) in [6.45, 7) is 4.39. The van der Waals surface area contributed by atoms with Gasteiger partial charge in [-0.15, -0.1) is 0 Å². The second-order valence-corrected chi connectivity index (χ2v) is 11.4. The molecule has 2 aliphatic rings. The summed E-state index contributed by atoms with van der Waals surface area (Å²) >= 11 is 0. The third-order valence-corrected chi connectivity index (χ3v) is 8.03. The van der Waals surface area contributed by atoms with Crippen molar-refractivity contribution in [1.82, 2.24) is 9.80 Å². The fraction of sp³-hybridized carbons (Fsp3) is 0.321. The lowest BCUT2D eigenvalue weighted by Gasteiger charge is -2.42. The number of fused-ring (bicyclic) bond motifs is 1. The van der Waals surface area contributed by atoms with Crippen molar-refractivity contribution in [3.05, 3.63) is 95.6 Å². The van der Waals surface area contributed by atoms with E-state index < -0.39 is 16.1 Å². The molecule has 0 aliphatic carbocycles. The van der Waals surface area contributed by atoms with Gasteiger partial charge in [-0.05, 0) is 35.7 Å². The lowest BCUT2D eigenvalue weighted by atomic mass is 9.96. The Morgan fingerprint density at radius 2 is 1.47 bits per heavy atom. The molecule has 1 saturated heterocycles. The number of hydrogen-bond acceptors (Lipinski definition) is 5. The smallest absolute Gasteiger partial charge is 0.265 e. The quantitative estimate of drug-likeness (QED) is 0.531. The number of aryl methyl sites for hydroxylation is 1. The van der Waals surface area contributed by atoms with E-state index in [0.717, 1.165) is 11.8 Å². The topological polar surface area (TPSA) is 70.2 Å². The maximum Gasteiger partial charge on any atom is 0.265 e. The Morgan fingerprint density at radius 1 is 0.889 bits per heavy atom. The maximum absolute atomic E-state index is 13.5. The van der Waals surface area contributed by atoms with E-state index in [0.29, 0.717) is 37.6 Å². The Hall–Kier alpha value is -3.36. The predicted octanol–water partition coefficient (Wildman–Crippen LogP) is 3.46. The van der Waals surface area contributed by atoms with Crippen LogP contribution in [0.4, 0.5) is 5.69 Å². The summed E-state index contributed by atoms with van der Waals surface area (Å²) in [5.74, 6) is 0.243. The molecule has 188 valence electrons. The molecule has 0 saturated carbocycles. The molecule has 3 aromatic rings. The Bertz CT molecular complexity index is 1280. The van der Waals surface area contributed by atoms with Crippen LogP contribution in [0.15, 0.2) is 78.9 Å². The lowest BCUT2D eigenvalue weighted by Crippen LogP contribution is -2.56. The zero-order valence-corrected chi connectivity index (χ0v) is 21.4. The van der Waals surface area contributed by atoms with Crippen molar-refractivity contribution in [3.63, 3.8) is 0 Å².